The van der Waals surface area contributed by atoms with E-state index in [1.54, 1.807) is 0 Å². The van der Waals surface area contributed by atoms with Crippen molar-refractivity contribution in [2.45, 2.75) is 0 Å². The molecule has 0 heterocycles. The Balaban J connectivity index is 0. The molecule has 0 unspecified atom stereocenters. The maximum atomic E-state index is 0. The van der Waals surface area contributed by atoms with Gasteiger partial charge in [-0.15, -0.1) is 0 Å². The maximum absolute atomic E-state index is 0. The first-order chi connectivity index (χ1) is 0. The van der Waals surface area contributed by atoms with Gasteiger partial charge in [0.15, 0.2) is 0 Å². The Hall–Kier alpha value is 2.74. The van der Waals surface area contributed by atoms with E-state index < -0.39 is 0 Å². The van der Waals surface area contributed by atoms with Crippen LogP contribution in [-0.2, 0) is 33.5 Å². The first-order valence-electron chi connectivity index (χ1n) is 0. The zero-order valence-corrected chi connectivity index (χ0v) is 10.3. The minimum Gasteiger partial charge on any atom is -2.00 e. The van der Waals surface area contributed by atoms with E-state index in [-0.39, 0.29) is 109 Å². The van der Waals surface area contributed by atoms with E-state index >= 15 is 0 Å². The van der Waals surface area contributed by atoms with E-state index in [0.717, 1.165) is 0 Å². The van der Waals surface area contributed by atoms with Gasteiger partial charge in [-0.25, -0.2) is 0 Å². The van der Waals surface area contributed by atoms with Crippen molar-refractivity contribution >= 4 is 17.4 Å². The molecule has 0 spiro atoms. The topological polar surface area (TPSA) is 85.5 Å². The monoisotopic (exact) mass is 216 g/mol. The van der Waals surface area contributed by atoms with Crippen molar-refractivity contribution < 1.29 is 91.7 Å². The molecule has 0 aliphatic heterocycles. The molecular weight excluding hydrogens is 216 g/mol. The average Bonchev–Trinajstić information content (AvgIpc) is 0. The van der Waals surface area contributed by atoms with Crippen molar-refractivity contribution in [2.24, 2.45) is 0 Å². The molecular formula is AlFeO3Rb. The van der Waals surface area contributed by atoms with Crippen LogP contribution in [0.15, 0.2) is 0 Å². The van der Waals surface area contributed by atoms with Gasteiger partial charge < -0.3 is 16.4 Å². The van der Waals surface area contributed by atoms with E-state index in [1.807, 2.05) is 0 Å². The molecule has 0 bridgehead atoms. The number of hydrogen-bond donors (Lipinski definition) is 0. The van der Waals surface area contributed by atoms with Crippen LogP contribution in [0.4, 0.5) is 0 Å². The molecule has 0 aliphatic rings. The fourth-order valence-corrected chi connectivity index (χ4v) is 0. The van der Waals surface area contributed by atoms with E-state index in [2.05, 4.69) is 0 Å². The SMILES string of the molecule is [Al+3].[Fe+2].[O-2].[O-2].[O-2].[Rb+]. The van der Waals surface area contributed by atoms with Crippen molar-refractivity contribution in [1.29, 1.82) is 0 Å². The van der Waals surface area contributed by atoms with Crippen molar-refractivity contribution in [1.82, 2.24) is 0 Å². The van der Waals surface area contributed by atoms with Crippen LogP contribution in [0.2, 0.25) is 0 Å². The van der Waals surface area contributed by atoms with E-state index in [9.17, 15) is 0 Å². The van der Waals surface area contributed by atoms with Gasteiger partial charge in [-0.1, -0.05) is 0 Å². The molecule has 0 saturated carbocycles. The van der Waals surface area contributed by atoms with Gasteiger partial charge >= 0.3 is 92.6 Å². The van der Waals surface area contributed by atoms with E-state index in [0.29, 0.717) is 0 Å². The molecule has 6 heteroatoms. The third kappa shape index (κ3) is 29.6. The normalized spacial score (nSPS) is 0. The second kappa shape index (κ2) is 46.9. The molecule has 0 radical (unpaired) electrons. The minimum atomic E-state index is 0. The van der Waals surface area contributed by atoms with Gasteiger partial charge in [-0.05, 0) is 0 Å². The third-order valence-corrected chi connectivity index (χ3v) is 0. The summed E-state index contributed by atoms with van der Waals surface area (Å²) >= 11 is 0. The zero-order chi connectivity index (χ0) is 0. The summed E-state index contributed by atoms with van der Waals surface area (Å²) in [6.07, 6.45) is 0. The molecule has 0 fully saturated rings. The first kappa shape index (κ1) is 69.8. The van der Waals surface area contributed by atoms with Crippen LogP contribution in [-0.4, -0.2) is 17.4 Å². The molecule has 0 aromatic rings. The molecule has 0 aromatic heterocycles. The van der Waals surface area contributed by atoms with Crippen LogP contribution in [0.1, 0.15) is 0 Å². The third-order valence-electron chi connectivity index (χ3n) is 0. The molecule has 0 aromatic carbocycles. The molecule has 0 amide bonds. The number of hydrogen-bond acceptors (Lipinski definition) is 0. The standard InChI is InChI=1S/Al.Fe.3O.Rb/q+3;+2;3*-2;+1. The zero-order valence-electron chi connectivity index (χ0n) is 3.16. The van der Waals surface area contributed by atoms with Gasteiger partial charge in [0, 0.05) is 0 Å². The van der Waals surface area contributed by atoms with Gasteiger partial charge in [-0.3, -0.25) is 0 Å². The summed E-state index contributed by atoms with van der Waals surface area (Å²) in [5.74, 6) is 0. The maximum Gasteiger partial charge on any atom is 3.00 e. The predicted octanol–water partition coefficient (Wildman–Crippen LogP) is -3.74. The van der Waals surface area contributed by atoms with Gasteiger partial charge in [0.1, 0.15) is 0 Å². The molecule has 30 valence electrons. The van der Waals surface area contributed by atoms with Gasteiger partial charge in [0.25, 0.3) is 0 Å². The Kier molecular flexibility index (Phi) is 545. The van der Waals surface area contributed by atoms with Crippen molar-refractivity contribution in [3.05, 3.63) is 0 Å². The largest absolute Gasteiger partial charge is 3.00 e. The fourth-order valence-electron chi connectivity index (χ4n) is 0. The van der Waals surface area contributed by atoms with Gasteiger partial charge in [0.05, 0.1) is 0 Å². The van der Waals surface area contributed by atoms with Crippen molar-refractivity contribution in [3.8, 4) is 0 Å². The van der Waals surface area contributed by atoms with E-state index in [1.165, 1.54) is 0 Å². The summed E-state index contributed by atoms with van der Waals surface area (Å²) in [5, 5.41) is 0. The summed E-state index contributed by atoms with van der Waals surface area (Å²) in [6.45, 7) is 0. The van der Waals surface area contributed by atoms with Crippen LogP contribution in [0.3, 0.4) is 0 Å². The van der Waals surface area contributed by atoms with Crippen molar-refractivity contribution in [3.63, 3.8) is 0 Å². The van der Waals surface area contributed by atoms with Crippen LogP contribution in [0.5, 0.6) is 0 Å². The Morgan fingerprint density at radius 3 is 0.667 bits per heavy atom. The quantitative estimate of drug-likeness (QED) is 0.373. The minimum absolute atomic E-state index is 0. The Bertz CT molecular complexity index is 10.8. The van der Waals surface area contributed by atoms with Crippen LogP contribution < -0.4 is 58.2 Å². The Morgan fingerprint density at radius 2 is 0.667 bits per heavy atom. The van der Waals surface area contributed by atoms with Crippen LogP contribution >= 0.6 is 0 Å². The predicted molar refractivity (Wildman–Crippen MR) is 7.81 cm³/mol. The molecule has 0 aliphatic carbocycles. The molecule has 0 atom stereocenters. The van der Waals surface area contributed by atoms with E-state index in [4.69, 9.17) is 0 Å². The van der Waals surface area contributed by atoms with Crippen LogP contribution in [0, 0.1) is 0 Å². The summed E-state index contributed by atoms with van der Waals surface area (Å²) in [6, 6.07) is 0. The van der Waals surface area contributed by atoms with Gasteiger partial charge in [-0.2, -0.15) is 0 Å². The molecule has 6 heavy (non-hydrogen) atoms. The van der Waals surface area contributed by atoms with Crippen LogP contribution in [0.25, 0.3) is 0 Å². The molecule has 0 rings (SSSR count). The Morgan fingerprint density at radius 1 is 0.667 bits per heavy atom. The number of rotatable bonds is 0. The fraction of sp³-hybridized carbons (Fsp3) is 0. The summed E-state index contributed by atoms with van der Waals surface area (Å²) in [7, 11) is 0. The average molecular weight is 216 g/mol. The summed E-state index contributed by atoms with van der Waals surface area (Å²) in [4.78, 5) is 0. The van der Waals surface area contributed by atoms with Crippen molar-refractivity contribution in [2.75, 3.05) is 0 Å². The summed E-state index contributed by atoms with van der Waals surface area (Å²) < 4.78 is 0. The first-order valence-corrected chi connectivity index (χ1v) is 0. The molecule has 0 N–H and O–H groups in total. The second-order valence-electron chi connectivity index (χ2n) is 0. The Labute approximate surface area is 107 Å². The van der Waals surface area contributed by atoms with Gasteiger partial charge in [0.2, 0.25) is 0 Å². The molecule has 0 saturated heterocycles. The smallest absolute Gasteiger partial charge is 2.00 e. The summed E-state index contributed by atoms with van der Waals surface area (Å²) in [5.41, 5.74) is 0. The second-order valence-corrected chi connectivity index (χ2v) is 0. The molecule has 3 nitrogen and oxygen atoms in total.